The van der Waals surface area contributed by atoms with Crippen molar-refractivity contribution in [1.29, 1.82) is 0 Å². The van der Waals surface area contributed by atoms with Crippen LogP contribution in [0.15, 0.2) is 0 Å². The van der Waals surface area contributed by atoms with Gasteiger partial charge in [-0.1, -0.05) is 26.7 Å². The molecule has 0 spiro atoms. The summed E-state index contributed by atoms with van der Waals surface area (Å²) in [5.41, 5.74) is 5.66. The Morgan fingerprint density at radius 1 is 1.44 bits per heavy atom. The molecule has 0 radical (unpaired) electrons. The molecule has 16 heavy (non-hydrogen) atoms. The largest absolute Gasteiger partial charge is 0.481 e. The van der Waals surface area contributed by atoms with Crippen LogP contribution in [0.25, 0.3) is 0 Å². The second kappa shape index (κ2) is 8.10. The molecule has 4 N–H and O–H groups in total. The lowest BCUT2D eigenvalue weighted by Gasteiger charge is -2.14. The first kappa shape index (κ1) is 14.9. The Labute approximate surface area is 96.4 Å². The SMILES string of the molecule is CCCCC(N)C(=O)NCC(C)CC(=O)O. The van der Waals surface area contributed by atoms with Gasteiger partial charge in [0.25, 0.3) is 0 Å². The number of carboxylic acid groups (broad SMARTS) is 1. The first-order valence-corrected chi connectivity index (χ1v) is 5.72. The lowest BCUT2D eigenvalue weighted by atomic mass is 10.1. The van der Waals surface area contributed by atoms with E-state index in [1.165, 1.54) is 0 Å². The molecule has 0 fully saturated rings. The fraction of sp³-hybridized carbons (Fsp3) is 0.818. The minimum Gasteiger partial charge on any atom is -0.481 e. The highest BCUT2D eigenvalue weighted by molar-refractivity contribution is 5.81. The van der Waals surface area contributed by atoms with Gasteiger partial charge in [-0.05, 0) is 12.3 Å². The Morgan fingerprint density at radius 3 is 2.56 bits per heavy atom. The average Bonchev–Trinajstić information content (AvgIpc) is 2.21. The lowest BCUT2D eigenvalue weighted by molar-refractivity contribution is -0.138. The Balaban J connectivity index is 3.74. The molecule has 0 aromatic carbocycles. The number of hydrogen-bond donors (Lipinski definition) is 3. The summed E-state index contributed by atoms with van der Waals surface area (Å²) in [6, 6.07) is -0.475. The van der Waals surface area contributed by atoms with Crippen molar-refractivity contribution in [3.63, 3.8) is 0 Å². The molecule has 2 atom stereocenters. The van der Waals surface area contributed by atoms with Crippen molar-refractivity contribution in [3.05, 3.63) is 0 Å². The highest BCUT2D eigenvalue weighted by atomic mass is 16.4. The van der Waals surface area contributed by atoms with Crippen molar-refractivity contribution in [2.24, 2.45) is 11.7 Å². The van der Waals surface area contributed by atoms with Gasteiger partial charge in [0.1, 0.15) is 0 Å². The molecule has 0 aromatic heterocycles. The predicted octanol–water partition coefficient (Wildman–Crippen LogP) is 0.731. The number of rotatable bonds is 8. The molecule has 5 heteroatoms. The highest BCUT2D eigenvalue weighted by Crippen LogP contribution is 2.01. The second-order valence-corrected chi connectivity index (χ2v) is 4.20. The molecule has 0 rings (SSSR count). The normalized spacial score (nSPS) is 14.2. The minimum absolute atomic E-state index is 0.0600. The Kier molecular flexibility index (Phi) is 7.54. The lowest BCUT2D eigenvalue weighted by Crippen LogP contribution is -2.42. The van der Waals surface area contributed by atoms with Gasteiger partial charge in [0.2, 0.25) is 5.91 Å². The number of nitrogens with two attached hydrogens (primary N) is 1. The molecular weight excluding hydrogens is 208 g/mol. The van der Waals surface area contributed by atoms with Gasteiger partial charge >= 0.3 is 5.97 Å². The molecular formula is C11H22N2O3. The van der Waals surface area contributed by atoms with Gasteiger partial charge in [-0.3, -0.25) is 9.59 Å². The molecule has 0 aromatic rings. The van der Waals surface area contributed by atoms with Crippen LogP contribution in [0.3, 0.4) is 0 Å². The van der Waals surface area contributed by atoms with E-state index >= 15 is 0 Å². The van der Waals surface area contributed by atoms with Crippen LogP contribution in [0.1, 0.15) is 39.5 Å². The molecule has 5 nitrogen and oxygen atoms in total. The molecule has 0 aliphatic rings. The molecule has 0 heterocycles. The summed E-state index contributed by atoms with van der Waals surface area (Å²) in [4.78, 5) is 21.8. The van der Waals surface area contributed by atoms with Crippen LogP contribution in [0.5, 0.6) is 0 Å². The van der Waals surface area contributed by atoms with Crippen LogP contribution in [-0.2, 0) is 9.59 Å². The van der Waals surface area contributed by atoms with Gasteiger partial charge in [-0.15, -0.1) is 0 Å². The second-order valence-electron chi connectivity index (χ2n) is 4.20. The Hall–Kier alpha value is -1.10. The van der Waals surface area contributed by atoms with Crippen LogP contribution < -0.4 is 11.1 Å². The van der Waals surface area contributed by atoms with Crippen LogP contribution >= 0.6 is 0 Å². The maximum Gasteiger partial charge on any atom is 0.303 e. The van der Waals surface area contributed by atoms with Crippen molar-refractivity contribution in [3.8, 4) is 0 Å². The third-order valence-corrected chi connectivity index (χ3v) is 2.35. The molecule has 0 saturated carbocycles. The van der Waals surface area contributed by atoms with E-state index in [0.717, 1.165) is 12.8 Å². The summed E-state index contributed by atoms with van der Waals surface area (Å²) in [5, 5.41) is 11.2. The van der Waals surface area contributed by atoms with Gasteiger partial charge in [-0.25, -0.2) is 0 Å². The van der Waals surface area contributed by atoms with E-state index < -0.39 is 12.0 Å². The van der Waals surface area contributed by atoms with Crippen LogP contribution in [0.4, 0.5) is 0 Å². The molecule has 0 saturated heterocycles. The number of aliphatic carboxylic acids is 1. The molecule has 2 unspecified atom stereocenters. The number of hydrogen-bond acceptors (Lipinski definition) is 3. The summed E-state index contributed by atoms with van der Waals surface area (Å²) in [7, 11) is 0. The Bertz CT molecular complexity index is 231. The van der Waals surface area contributed by atoms with E-state index in [1.807, 2.05) is 6.92 Å². The van der Waals surface area contributed by atoms with Gasteiger partial charge in [0, 0.05) is 13.0 Å². The number of carbonyl (C=O) groups is 2. The van der Waals surface area contributed by atoms with E-state index in [4.69, 9.17) is 10.8 Å². The molecule has 0 bridgehead atoms. The van der Waals surface area contributed by atoms with E-state index in [0.29, 0.717) is 13.0 Å². The summed E-state index contributed by atoms with van der Waals surface area (Å²) < 4.78 is 0. The standard InChI is InChI=1S/C11H22N2O3/c1-3-4-5-9(12)11(16)13-7-8(2)6-10(14)15/h8-9H,3-7,12H2,1-2H3,(H,13,16)(H,14,15). The smallest absolute Gasteiger partial charge is 0.303 e. The van der Waals surface area contributed by atoms with E-state index in [9.17, 15) is 9.59 Å². The summed E-state index contributed by atoms with van der Waals surface area (Å²) in [6.07, 6.45) is 2.68. The van der Waals surface area contributed by atoms with Crippen LogP contribution in [0, 0.1) is 5.92 Å². The molecule has 1 amide bonds. The molecule has 0 aliphatic carbocycles. The summed E-state index contributed by atoms with van der Waals surface area (Å²) in [5.74, 6) is -1.11. The zero-order valence-electron chi connectivity index (χ0n) is 10.0. The van der Waals surface area contributed by atoms with Gasteiger partial charge < -0.3 is 16.2 Å². The topological polar surface area (TPSA) is 92.4 Å². The van der Waals surface area contributed by atoms with Gasteiger partial charge in [-0.2, -0.15) is 0 Å². The van der Waals surface area contributed by atoms with Crippen molar-refractivity contribution >= 4 is 11.9 Å². The van der Waals surface area contributed by atoms with Crippen LogP contribution in [0.2, 0.25) is 0 Å². The number of amides is 1. The number of nitrogens with one attached hydrogen (secondary N) is 1. The zero-order valence-corrected chi connectivity index (χ0v) is 10.0. The maximum absolute atomic E-state index is 11.5. The van der Waals surface area contributed by atoms with Gasteiger partial charge in [0.05, 0.1) is 6.04 Å². The van der Waals surface area contributed by atoms with Crippen molar-refractivity contribution in [2.45, 2.75) is 45.6 Å². The third-order valence-electron chi connectivity index (χ3n) is 2.35. The fourth-order valence-corrected chi connectivity index (χ4v) is 1.33. The summed E-state index contributed by atoms with van der Waals surface area (Å²) >= 11 is 0. The van der Waals surface area contributed by atoms with E-state index in [2.05, 4.69) is 5.32 Å². The predicted molar refractivity (Wildman–Crippen MR) is 61.9 cm³/mol. The maximum atomic E-state index is 11.5. The summed E-state index contributed by atoms with van der Waals surface area (Å²) in [6.45, 7) is 4.19. The number of carbonyl (C=O) groups excluding carboxylic acids is 1. The number of unbranched alkanes of at least 4 members (excludes halogenated alkanes) is 1. The van der Waals surface area contributed by atoms with E-state index in [-0.39, 0.29) is 18.2 Å². The Morgan fingerprint density at radius 2 is 2.06 bits per heavy atom. The van der Waals surface area contributed by atoms with Crippen molar-refractivity contribution in [1.82, 2.24) is 5.32 Å². The van der Waals surface area contributed by atoms with Crippen molar-refractivity contribution in [2.75, 3.05) is 6.54 Å². The first-order valence-electron chi connectivity index (χ1n) is 5.72. The average molecular weight is 230 g/mol. The van der Waals surface area contributed by atoms with Gasteiger partial charge in [0.15, 0.2) is 0 Å². The zero-order chi connectivity index (χ0) is 12.6. The van der Waals surface area contributed by atoms with Crippen molar-refractivity contribution < 1.29 is 14.7 Å². The molecule has 0 aliphatic heterocycles. The van der Waals surface area contributed by atoms with E-state index in [1.54, 1.807) is 6.92 Å². The fourth-order valence-electron chi connectivity index (χ4n) is 1.33. The van der Waals surface area contributed by atoms with Crippen LogP contribution in [-0.4, -0.2) is 29.6 Å². The third kappa shape index (κ3) is 7.23. The molecule has 94 valence electrons. The monoisotopic (exact) mass is 230 g/mol. The number of carboxylic acids is 1. The minimum atomic E-state index is -0.850. The highest BCUT2D eigenvalue weighted by Gasteiger charge is 2.14. The quantitative estimate of drug-likeness (QED) is 0.573. The first-order chi connectivity index (χ1) is 7.47.